The summed E-state index contributed by atoms with van der Waals surface area (Å²) >= 11 is 0. The average Bonchev–Trinajstić information content (AvgIpc) is 3.02. The number of hydrogen-bond acceptors (Lipinski definition) is 3. The molecule has 0 fully saturated rings. The number of carbonyl (C=O) groups is 1. The molecule has 0 bridgehead atoms. The van der Waals surface area contributed by atoms with E-state index in [0.717, 1.165) is 5.69 Å². The van der Waals surface area contributed by atoms with Gasteiger partial charge in [0.25, 0.3) is 5.91 Å². The maximum absolute atomic E-state index is 12.1. The number of aromatic amines is 1. The van der Waals surface area contributed by atoms with Crippen molar-refractivity contribution in [2.75, 3.05) is 5.32 Å². The highest BCUT2D eigenvalue weighted by Crippen LogP contribution is 2.14. The summed E-state index contributed by atoms with van der Waals surface area (Å²) in [5.74, 6) is -0.450. The summed E-state index contributed by atoms with van der Waals surface area (Å²) < 4.78 is 1.69. The topological polar surface area (TPSA) is 79.8 Å². The minimum absolute atomic E-state index is 0.0713. The van der Waals surface area contributed by atoms with Gasteiger partial charge in [-0.3, -0.25) is 9.59 Å². The Hall–Kier alpha value is -3.15. The van der Waals surface area contributed by atoms with Gasteiger partial charge in [-0.05, 0) is 24.3 Å². The van der Waals surface area contributed by atoms with Crippen LogP contribution in [0.5, 0.6) is 0 Å². The monoisotopic (exact) mass is 280 g/mol. The third kappa shape index (κ3) is 2.74. The van der Waals surface area contributed by atoms with Gasteiger partial charge in [0.2, 0.25) is 0 Å². The molecule has 21 heavy (non-hydrogen) atoms. The van der Waals surface area contributed by atoms with E-state index in [4.69, 9.17) is 0 Å². The molecule has 0 atom stereocenters. The predicted molar refractivity (Wildman–Crippen MR) is 78.6 cm³/mol. The molecule has 0 aliphatic rings. The van der Waals surface area contributed by atoms with Crippen molar-refractivity contribution in [2.24, 2.45) is 0 Å². The normalized spacial score (nSPS) is 10.3. The number of carbonyl (C=O) groups excluding carboxylic acids is 1. The van der Waals surface area contributed by atoms with Gasteiger partial charge in [-0.1, -0.05) is 6.07 Å². The maximum Gasteiger partial charge on any atom is 0.261 e. The Morgan fingerprint density at radius 1 is 1.24 bits per heavy atom. The highest BCUT2D eigenvalue weighted by Gasteiger charge is 2.10. The number of nitrogens with one attached hydrogen (secondary N) is 2. The first kappa shape index (κ1) is 12.9. The summed E-state index contributed by atoms with van der Waals surface area (Å²) in [5.41, 5.74) is 1.16. The molecular formula is C15H12N4O2. The summed E-state index contributed by atoms with van der Waals surface area (Å²) in [7, 11) is 0. The van der Waals surface area contributed by atoms with E-state index in [1.54, 1.807) is 23.0 Å². The van der Waals surface area contributed by atoms with Crippen LogP contribution in [0.2, 0.25) is 0 Å². The van der Waals surface area contributed by atoms with Crippen LogP contribution < -0.4 is 10.7 Å². The largest absolute Gasteiger partial charge is 0.367 e. The number of hydrogen-bond donors (Lipinski definition) is 2. The number of anilines is 1. The third-order valence-electron chi connectivity index (χ3n) is 2.94. The number of rotatable bonds is 3. The fourth-order valence-corrected chi connectivity index (χ4v) is 1.94. The summed E-state index contributed by atoms with van der Waals surface area (Å²) in [5, 5.41) is 6.83. The lowest BCUT2D eigenvalue weighted by molar-refractivity contribution is 0.102. The molecule has 2 N–H and O–H groups in total. The van der Waals surface area contributed by atoms with Crippen molar-refractivity contribution in [2.45, 2.75) is 0 Å². The van der Waals surface area contributed by atoms with Gasteiger partial charge in [-0.2, -0.15) is 5.10 Å². The molecule has 1 amide bonds. The molecular weight excluding hydrogens is 268 g/mol. The molecule has 0 saturated heterocycles. The lowest BCUT2D eigenvalue weighted by atomic mass is 10.2. The van der Waals surface area contributed by atoms with E-state index in [9.17, 15) is 9.59 Å². The molecule has 1 aromatic carbocycles. The van der Waals surface area contributed by atoms with Crippen molar-refractivity contribution in [3.05, 3.63) is 77.0 Å². The smallest absolute Gasteiger partial charge is 0.261 e. The first-order chi connectivity index (χ1) is 10.2. The highest BCUT2D eigenvalue weighted by molar-refractivity contribution is 6.04. The summed E-state index contributed by atoms with van der Waals surface area (Å²) in [6.45, 7) is 0. The molecule has 104 valence electrons. The van der Waals surface area contributed by atoms with E-state index >= 15 is 0 Å². The molecule has 3 rings (SSSR count). The second-order valence-corrected chi connectivity index (χ2v) is 4.38. The van der Waals surface area contributed by atoms with Crippen LogP contribution in [0, 0.1) is 0 Å². The van der Waals surface area contributed by atoms with E-state index in [1.165, 1.54) is 18.5 Å². The molecule has 0 unspecified atom stereocenters. The first-order valence-corrected chi connectivity index (χ1v) is 6.32. The molecule has 2 heterocycles. The molecule has 0 radical (unpaired) electrons. The number of aromatic nitrogens is 3. The van der Waals surface area contributed by atoms with Gasteiger partial charge in [0.05, 0.1) is 5.69 Å². The number of amides is 1. The number of nitrogens with zero attached hydrogens (tertiary/aromatic N) is 2. The molecule has 6 nitrogen and oxygen atoms in total. The van der Waals surface area contributed by atoms with Gasteiger partial charge in [-0.15, -0.1) is 0 Å². The second kappa shape index (κ2) is 5.46. The quantitative estimate of drug-likeness (QED) is 0.768. The van der Waals surface area contributed by atoms with Crippen LogP contribution in [0.1, 0.15) is 10.4 Å². The Morgan fingerprint density at radius 3 is 2.90 bits per heavy atom. The van der Waals surface area contributed by atoms with Crippen LogP contribution in [0.15, 0.2) is 66.0 Å². The maximum atomic E-state index is 12.1. The zero-order chi connectivity index (χ0) is 14.7. The van der Waals surface area contributed by atoms with Gasteiger partial charge in [0, 0.05) is 36.5 Å². The van der Waals surface area contributed by atoms with E-state index < -0.39 is 5.91 Å². The minimum atomic E-state index is -0.450. The van der Waals surface area contributed by atoms with Crippen molar-refractivity contribution in [1.29, 1.82) is 0 Å². The average molecular weight is 280 g/mol. The highest BCUT2D eigenvalue weighted by atomic mass is 16.2. The summed E-state index contributed by atoms with van der Waals surface area (Å²) in [4.78, 5) is 26.4. The molecule has 2 aromatic heterocycles. The Morgan fingerprint density at radius 2 is 2.14 bits per heavy atom. The minimum Gasteiger partial charge on any atom is -0.367 e. The third-order valence-corrected chi connectivity index (χ3v) is 2.94. The number of H-pyrrole nitrogens is 1. The van der Waals surface area contributed by atoms with Crippen molar-refractivity contribution in [1.82, 2.24) is 14.8 Å². The van der Waals surface area contributed by atoms with Gasteiger partial charge in [0.1, 0.15) is 5.56 Å². The fourth-order valence-electron chi connectivity index (χ4n) is 1.94. The van der Waals surface area contributed by atoms with E-state index in [-0.39, 0.29) is 11.0 Å². The second-order valence-electron chi connectivity index (χ2n) is 4.38. The SMILES string of the molecule is O=C(Nc1cccc(-n2cccn2)c1)c1c[nH]ccc1=O. The zero-order valence-electron chi connectivity index (χ0n) is 11.0. The van der Waals surface area contributed by atoms with E-state index in [1.807, 2.05) is 24.4 Å². The van der Waals surface area contributed by atoms with Crippen LogP contribution in [0.25, 0.3) is 5.69 Å². The molecule has 0 aliphatic carbocycles. The molecule has 3 aromatic rings. The van der Waals surface area contributed by atoms with Crippen molar-refractivity contribution >= 4 is 11.6 Å². The van der Waals surface area contributed by atoms with Crippen LogP contribution in [0.3, 0.4) is 0 Å². The summed E-state index contributed by atoms with van der Waals surface area (Å²) in [6.07, 6.45) is 6.35. The Labute approximate surface area is 120 Å². The van der Waals surface area contributed by atoms with E-state index in [0.29, 0.717) is 5.69 Å². The van der Waals surface area contributed by atoms with Gasteiger partial charge in [0.15, 0.2) is 5.43 Å². The molecule has 0 spiro atoms. The molecule has 0 aliphatic heterocycles. The Balaban J connectivity index is 1.86. The van der Waals surface area contributed by atoms with Crippen molar-refractivity contribution in [3.8, 4) is 5.69 Å². The van der Waals surface area contributed by atoms with Crippen LogP contribution in [0.4, 0.5) is 5.69 Å². The van der Waals surface area contributed by atoms with Crippen LogP contribution in [-0.2, 0) is 0 Å². The molecule has 0 saturated carbocycles. The Kier molecular flexibility index (Phi) is 3.34. The van der Waals surface area contributed by atoms with E-state index in [2.05, 4.69) is 15.4 Å². The lowest BCUT2D eigenvalue weighted by Gasteiger charge is -2.07. The molecule has 6 heteroatoms. The fraction of sp³-hybridized carbons (Fsp3) is 0. The first-order valence-electron chi connectivity index (χ1n) is 6.32. The summed E-state index contributed by atoms with van der Waals surface area (Å²) in [6, 6.07) is 10.3. The van der Waals surface area contributed by atoms with Gasteiger partial charge >= 0.3 is 0 Å². The Bertz CT molecular complexity index is 821. The van der Waals surface area contributed by atoms with Crippen LogP contribution >= 0.6 is 0 Å². The predicted octanol–water partition coefficient (Wildman–Crippen LogP) is 1.81. The van der Waals surface area contributed by atoms with Crippen LogP contribution in [-0.4, -0.2) is 20.7 Å². The number of benzene rings is 1. The standard InChI is InChI=1S/C15H12N4O2/c20-14-5-7-16-10-13(14)15(21)18-11-3-1-4-12(9-11)19-8-2-6-17-19/h1-10H,(H,16,20)(H,18,21). The van der Waals surface area contributed by atoms with Crippen molar-refractivity contribution in [3.63, 3.8) is 0 Å². The van der Waals surface area contributed by atoms with Gasteiger partial charge in [-0.25, -0.2) is 4.68 Å². The van der Waals surface area contributed by atoms with Gasteiger partial charge < -0.3 is 10.3 Å². The zero-order valence-corrected chi connectivity index (χ0v) is 11.0. The van der Waals surface area contributed by atoms with Crippen molar-refractivity contribution < 1.29 is 4.79 Å². The lowest BCUT2D eigenvalue weighted by Crippen LogP contribution is -2.20. The number of pyridine rings is 1.